The largest absolute Gasteiger partial charge is 0.479 e. The van der Waals surface area contributed by atoms with Crippen molar-refractivity contribution in [2.45, 2.75) is 71.1 Å². The number of aromatic amines is 1. The quantitative estimate of drug-likeness (QED) is 0.500. The number of hydrogen-bond donors (Lipinski definition) is 1. The number of nitrogens with one attached hydrogen (secondary N) is 1. The second-order valence-electron chi connectivity index (χ2n) is 5.06. The molecule has 0 saturated carbocycles. The summed E-state index contributed by atoms with van der Waals surface area (Å²) < 4.78 is 5.56. The van der Waals surface area contributed by atoms with Gasteiger partial charge in [-0.05, 0) is 18.6 Å². The summed E-state index contributed by atoms with van der Waals surface area (Å²) in [4.78, 5) is 3.05. The fourth-order valence-corrected chi connectivity index (χ4v) is 2.18. The van der Waals surface area contributed by atoms with Gasteiger partial charge in [-0.3, -0.25) is 0 Å². The van der Waals surface area contributed by atoms with Gasteiger partial charge in [0.15, 0.2) is 5.88 Å². The van der Waals surface area contributed by atoms with Crippen molar-refractivity contribution >= 4 is 0 Å². The molecule has 104 valence electrons. The van der Waals surface area contributed by atoms with Gasteiger partial charge in [-0.2, -0.15) is 0 Å². The van der Waals surface area contributed by atoms with Crippen LogP contribution in [0.1, 0.15) is 71.1 Å². The van der Waals surface area contributed by atoms with Crippen molar-refractivity contribution < 1.29 is 4.74 Å². The van der Waals surface area contributed by atoms with Crippen LogP contribution in [0.25, 0.3) is 0 Å². The third-order valence-electron chi connectivity index (χ3n) is 3.32. The summed E-state index contributed by atoms with van der Waals surface area (Å²) in [5, 5.41) is 0. The first-order valence-electron chi connectivity index (χ1n) is 7.69. The molecule has 1 aromatic heterocycles. The fraction of sp³-hybridized carbons (Fsp3) is 0.750. The highest BCUT2D eigenvalue weighted by Crippen LogP contribution is 2.11. The minimum Gasteiger partial charge on any atom is -0.479 e. The van der Waals surface area contributed by atoms with E-state index < -0.39 is 0 Å². The first-order chi connectivity index (χ1) is 8.93. The molecule has 0 fully saturated rings. The molecule has 1 heterocycles. The highest BCUT2D eigenvalue weighted by atomic mass is 16.5. The maximum Gasteiger partial charge on any atom is 0.190 e. The minimum absolute atomic E-state index is 0.844. The lowest BCUT2D eigenvalue weighted by atomic mass is 10.1. The van der Waals surface area contributed by atoms with E-state index in [2.05, 4.69) is 11.9 Å². The van der Waals surface area contributed by atoms with Gasteiger partial charge >= 0.3 is 0 Å². The van der Waals surface area contributed by atoms with Crippen molar-refractivity contribution in [1.82, 2.24) is 4.98 Å². The third-order valence-corrected chi connectivity index (χ3v) is 3.32. The second-order valence-corrected chi connectivity index (χ2v) is 5.06. The van der Waals surface area contributed by atoms with Crippen LogP contribution in [0.3, 0.4) is 0 Å². The van der Waals surface area contributed by atoms with Gasteiger partial charge in [0, 0.05) is 6.20 Å². The predicted octanol–water partition coefficient (Wildman–Crippen LogP) is 5.31. The van der Waals surface area contributed by atoms with E-state index in [0.29, 0.717) is 0 Å². The molecule has 0 aromatic carbocycles. The van der Waals surface area contributed by atoms with Crippen molar-refractivity contribution in [3.8, 4) is 5.88 Å². The summed E-state index contributed by atoms with van der Waals surface area (Å²) >= 11 is 0. The van der Waals surface area contributed by atoms with E-state index in [4.69, 9.17) is 4.74 Å². The number of ether oxygens (including phenoxy) is 1. The zero-order valence-electron chi connectivity index (χ0n) is 11.9. The van der Waals surface area contributed by atoms with Crippen molar-refractivity contribution in [3.63, 3.8) is 0 Å². The van der Waals surface area contributed by atoms with Crippen LogP contribution in [0.15, 0.2) is 18.3 Å². The molecule has 0 radical (unpaired) electrons. The normalized spacial score (nSPS) is 10.7. The molecule has 0 bridgehead atoms. The molecule has 0 spiro atoms. The highest BCUT2D eigenvalue weighted by molar-refractivity contribution is 5.09. The molecule has 2 nitrogen and oxygen atoms in total. The SMILES string of the molecule is CCCCCCCCCCCCOc1ccc[nH]1. The molecule has 2 heteroatoms. The van der Waals surface area contributed by atoms with Crippen LogP contribution in [-0.2, 0) is 0 Å². The Balaban J connectivity index is 1.73. The number of rotatable bonds is 12. The smallest absolute Gasteiger partial charge is 0.190 e. The van der Waals surface area contributed by atoms with Crippen molar-refractivity contribution in [1.29, 1.82) is 0 Å². The summed E-state index contributed by atoms with van der Waals surface area (Å²) in [5.41, 5.74) is 0. The van der Waals surface area contributed by atoms with E-state index in [1.54, 1.807) is 0 Å². The molecule has 0 unspecified atom stereocenters. The van der Waals surface area contributed by atoms with Gasteiger partial charge in [-0.25, -0.2) is 0 Å². The molecule has 0 aliphatic heterocycles. The first-order valence-corrected chi connectivity index (χ1v) is 7.69. The average molecular weight is 251 g/mol. The number of aromatic nitrogens is 1. The molecule has 0 atom stereocenters. The van der Waals surface area contributed by atoms with Gasteiger partial charge in [0.05, 0.1) is 6.61 Å². The van der Waals surface area contributed by atoms with Gasteiger partial charge in [0.1, 0.15) is 0 Å². The van der Waals surface area contributed by atoms with Gasteiger partial charge in [-0.15, -0.1) is 0 Å². The van der Waals surface area contributed by atoms with Crippen LogP contribution in [0.4, 0.5) is 0 Å². The summed E-state index contributed by atoms with van der Waals surface area (Å²) in [6.07, 6.45) is 15.6. The molecule has 1 N–H and O–H groups in total. The maximum absolute atomic E-state index is 5.56. The van der Waals surface area contributed by atoms with Gasteiger partial charge < -0.3 is 9.72 Å². The lowest BCUT2D eigenvalue weighted by Gasteiger charge is -2.04. The molecule has 1 rings (SSSR count). The van der Waals surface area contributed by atoms with Crippen LogP contribution < -0.4 is 4.74 Å². The van der Waals surface area contributed by atoms with E-state index >= 15 is 0 Å². The molecule has 1 aromatic rings. The standard InChI is InChI=1S/C16H29NO/c1-2-3-4-5-6-7-8-9-10-11-15-18-16-13-12-14-17-16/h12-14,17H,2-11,15H2,1H3. The summed E-state index contributed by atoms with van der Waals surface area (Å²) in [6.45, 7) is 3.12. The molecule has 0 saturated heterocycles. The second kappa shape index (κ2) is 11.2. The van der Waals surface area contributed by atoms with E-state index in [-0.39, 0.29) is 0 Å². The topological polar surface area (TPSA) is 25.0 Å². The molecular weight excluding hydrogens is 222 g/mol. The zero-order chi connectivity index (χ0) is 12.9. The number of H-pyrrole nitrogens is 1. The Hall–Kier alpha value is -0.920. The van der Waals surface area contributed by atoms with Crippen molar-refractivity contribution in [2.24, 2.45) is 0 Å². The van der Waals surface area contributed by atoms with Crippen LogP contribution in [0.5, 0.6) is 5.88 Å². The fourth-order valence-electron chi connectivity index (χ4n) is 2.18. The predicted molar refractivity (Wildman–Crippen MR) is 78.1 cm³/mol. The Labute approximate surface area is 112 Å². The van der Waals surface area contributed by atoms with E-state index in [1.165, 1.54) is 64.2 Å². The van der Waals surface area contributed by atoms with Gasteiger partial charge in [-0.1, -0.05) is 64.7 Å². The lowest BCUT2D eigenvalue weighted by Crippen LogP contribution is -1.97. The Bertz CT molecular complexity index is 256. The summed E-state index contributed by atoms with van der Waals surface area (Å²) in [7, 11) is 0. The number of unbranched alkanes of at least 4 members (excludes halogenated alkanes) is 9. The molecule has 0 amide bonds. The summed E-state index contributed by atoms with van der Waals surface area (Å²) in [6, 6.07) is 3.93. The Morgan fingerprint density at radius 1 is 0.889 bits per heavy atom. The Kier molecular flexibility index (Phi) is 9.41. The lowest BCUT2D eigenvalue weighted by molar-refractivity contribution is 0.295. The van der Waals surface area contributed by atoms with Crippen LogP contribution in [-0.4, -0.2) is 11.6 Å². The first kappa shape index (κ1) is 15.1. The highest BCUT2D eigenvalue weighted by Gasteiger charge is 1.94. The monoisotopic (exact) mass is 251 g/mol. The third kappa shape index (κ3) is 8.21. The molecular formula is C16H29NO. The van der Waals surface area contributed by atoms with Gasteiger partial charge in [0.2, 0.25) is 0 Å². The summed E-state index contributed by atoms with van der Waals surface area (Å²) in [5.74, 6) is 0.894. The molecule has 0 aliphatic carbocycles. The average Bonchev–Trinajstić information content (AvgIpc) is 2.89. The minimum atomic E-state index is 0.844. The zero-order valence-corrected chi connectivity index (χ0v) is 11.9. The van der Waals surface area contributed by atoms with Crippen molar-refractivity contribution in [3.05, 3.63) is 18.3 Å². The Morgan fingerprint density at radius 2 is 1.50 bits per heavy atom. The van der Waals surface area contributed by atoms with Crippen LogP contribution in [0, 0.1) is 0 Å². The number of hydrogen-bond acceptors (Lipinski definition) is 1. The molecule has 0 aliphatic rings. The van der Waals surface area contributed by atoms with Crippen LogP contribution in [0.2, 0.25) is 0 Å². The van der Waals surface area contributed by atoms with E-state index in [0.717, 1.165) is 12.5 Å². The van der Waals surface area contributed by atoms with Crippen molar-refractivity contribution in [2.75, 3.05) is 6.61 Å². The van der Waals surface area contributed by atoms with E-state index in [1.807, 2.05) is 18.3 Å². The van der Waals surface area contributed by atoms with Crippen LogP contribution >= 0.6 is 0 Å². The molecule has 18 heavy (non-hydrogen) atoms. The maximum atomic E-state index is 5.56. The Morgan fingerprint density at radius 3 is 2.06 bits per heavy atom. The van der Waals surface area contributed by atoms with Gasteiger partial charge in [0.25, 0.3) is 0 Å². The van der Waals surface area contributed by atoms with E-state index in [9.17, 15) is 0 Å².